The van der Waals surface area contributed by atoms with E-state index in [1.807, 2.05) is 18.2 Å². The molecule has 0 aromatic carbocycles. The molecule has 0 saturated carbocycles. The molecular formula is C11H11NO. The third-order valence-corrected chi connectivity index (χ3v) is 2.13. The van der Waals surface area contributed by atoms with Gasteiger partial charge in [-0.05, 0) is 23.6 Å². The zero-order valence-corrected chi connectivity index (χ0v) is 7.45. The van der Waals surface area contributed by atoms with Crippen LogP contribution in [0.5, 0.6) is 0 Å². The maximum Gasteiger partial charge on any atom is 0.248 e. The molecule has 1 N–H and O–H groups in total. The number of aromatic nitrogens is 1. The van der Waals surface area contributed by atoms with Crippen molar-refractivity contribution in [3.05, 3.63) is 45.9 Å². The molecule has 0 radical (unpaired) electrons. The third-order valence-electron chi connectivity index (χ3n) is 2.13. The summed E-state index contributed by atoms with van der Waals surface area (Å²) >= 11 is 0. The summed E-state index contributed by atoms with van der Waals surface area (Å²) in [4.78, 5) is 13.8. The van der Waals surface area contributed by atoms with Crippen molar-refractivity contribution < 1.29 is 0 Å². The molecule has 2 rings (SSSR count). The summed E-state index contributed by atoms with van der Waals surface area (Å²) < 4.78 is 0. The molecule has 0 fully saturated rings. The van der Waals surface area contributed by atoms with Gasteiger partial charge in [-0.2, -0.15) is 0 Å². The normalized spacial score (nSPS) is 19.6. The Labute approximate surface area is 76.6 Å². The van der Waals surface area contributed by atoms with Crippen LogP contribution in [0.4, 0.5) is 0 Å². The quantitative estimate of drug-likeness (QED) is 0.640. The first-order valence-corrected chi connectivity index (χ1v) is 4.35. The minimum Gasteiger partial charge on any atom is -0.322 e. The molecule has 1 aliphatic rings. The first-order valence-electron chi connectivity index (χ1n) is 4.35. The zero-order chi connectivity index (χ0) is 9.26. The van der Waals surface area contributed by atoms with Crippen molar-refractivity contribution in [1.82, 2.24) is 4.98 Å². The van der Waals surface area contributed by atoms with Crippen LogP contribution in [0.3, 0.4) is 0 Å². The number of hydrogen-bond donors (Lipinski definition) is 1. The van der Waals surface area contributed by atoms with Crippen LogP contribution < -0.4 is 5.56 Å². The largest absolute Gasteiger partial charge is 0.322 e. The minimum absolute atomic E-state index is 0.0497. The Bertz CT molecular complexity index is 426. The highest BCUT2D eigenvalue weighted by Gasteiger charge is 2.01. The number of pyridine rings is 1. The molecule has 1 heterocycles. The van der Waals surface area contributed by atoms with Crippen LogP contribution in [0.25, 0.3) is 12.2 Å². The van der Waals surface area contributed by atoms with Gasteiger partial charge in [-0.15, -0.1) is 0 Å². The smallest absolute Gasteiger partial charge is 0.248 e. The Hall–Kier alpha value is -1.57. The summed E-state index contributed by atoms with van der Waals surface area (Å²) in [5.74, 6) is 0.427. The predicted molar refractivity (Wildman–Crippen MR) is 54.3 cm³/mol. The molecule has 66 valence electrons. The number of aromatic amines is 1. The van der Waals surface area contributed by atoms with E-state index in [0.717, 1.165) is 11.3 Å². The van der Waals surface area contributed by atoms with E-state index >= 15 is 0 Å². The molecule has 0 saturated heterocycles. The maximum absolute atomic E-state index is 11.0. The topological polar surface area (TPSA) is 32.9 Å². The van der Waals surface area contributed by atoms with E-state index in [4.69, 9.17) is 0 Å². The average molecular weight is 173 g/mol. The number of rotatable bonds is 0. The molecule has 1 atom stereocenters. The standard InChI is InChI=1S/C11H11NO/c1-8-2-4-9-5-7-11(13)12-10(9)6-3-8/h2-8H,1H3,(H,12,13). The van der Waals surface area contributed by atoms with Gasteiger partial charge >= 0.3 is 0 Å². The Morgan fingerprint density at radius 2 is 2.00 bits per heavy atom. The average Bonchev–Trinajstić information content (AvgIpc) is 2.29. The van der Waals surface area contributed by atoms with Gasteiger partial charge in [0.2, 0.25) is 5.56 Å². The summed E-state index contributed by atoms with van der Waals surface area (Å²) in [6.45, 7) is 2.11. The van der Waals surface area contributed by atoms with E-state index in [0.29, 0.717) is 5.92 Å². The maximum atomic E-state index is 11.0. The molecule has 0 aliphatic heterocycles. The van der Waals surface area contributed by atoms with E-state index in [1.165, 1.54) is 0 Å². The predicted octanol–water partition coefficient (Wildman–Crippen LogP) is 2.05. The van der Waals surface area contributed by atoms with Crippen LogP contribution in [0.2, 0.25) is 0 Å². The fraction of sp³-hybridized carbons (Fsp3) is 0.182. The zero-order valence-electron chi connectivity index (χ0n) is 7.45. The van der Waals surface area contributed by atoms with Gasteiger partial charge in [-0.25, -0.2) is 0 Å². The second kappa shape index (κ2) is 3.05. The van der Waals surface area contributed by atoms with Crippen LogP contribution in [0, 0.1) is 5.92 Å². The summed E-state index contributed by atoms with van der Waals surface area (Å²) in [5, 5.41) is 0. The molecule has 0 amide bonds. The molecule has 1 aromatic heterocycles. The number of H-pyrrole nitrogens is 1. The SMILES string of the molecule is CC1C=Cc2ccc(=O)[nH]c2C=C1. The van der Waals surface area contributed by atoms with E-state index in [9.17, 15) is 4.79 Å². The molecular weight excluding hydrogens is 162 g/mol. The van der Waals surface area contributed by atoms with E-state index in [2.05, 4.69) is 24.1 Å². The highest BCUT2D eigenvalue weighted by atomic mass is 16.1. The van der Waals surface area contributed by atoms with Crippen LogP contribution in [-0.4, -0.2) is 4.98 Å². The number of allylic oxidation sites excluding steroid dienone is 2. The molecule has 1 aliphatic carbocycles. The van der Waals surface area contributed by atoms with Gasteiger partial charge in [0.1, 0.15) is 0 Å². The lowest BCUT2D eigenvalue weighted by Gasteiger charge is -1.96. The molecule has 2 heteroatoms. The van der Waals surface area contributed by atoms with Crippen molar-refractivity contribution in [2.24, 2.45) is 5.92 Å². The Morgan fingerprint density at radius 3 is 2.85 bits per heavy atom. The Morgan fingerprint density at radius 1 is 1.23 bits per heavy atom. The van der Waals surface area contributed by atoms with E-state index < -0.39 is 0 Å². The fourth-order valence-electron chi connectivity index (χ4n) is 1.35. The van der Waals surface area contributed by atoms with Crippen LogP contribution in [-0.2, 0) is 0 Å². The first-order chi connectivity index (χ1) is 6.25. The van der Waals surface area contributed by atoms with Gasteiger partial charge in [0, 0.05) is 11.8 Å². The second-order valence-electron chi connectivity index (χ2n) is 3.27. The van der Waals surface area contributed by atoms with Gasteiger partial charge in [0.05, 0.1) is 0 Å². The summed E-state index contributed by atoms with van der Waals surface area (Å²) in [7, 11) is 0. The lowest BCUT2D eigenvalue weighted by atomic mass is 10.1. The van der Waals surface area contributed by atoms with Gasteiger partial charge in [0.25, 0.3) is 0 Å². The van der Waals surface area contributed by atoms with Crippen molar-refractivity contribution in [1.29, 1.82) is 0 Å². The van der Waals surface area contributed by atoms with Gasteiger partial charge in [-0.3, -0.25) is 4.79 Å². The second-order valence-corrected chi connectivity index (χ2v) is 3.27. The molecule has 0 spiro atoms. The van der Waals surface area contributed by atoms with Crippen molar-refractivity contribution in [3.8, 4) is 0 Å². The number of nitrogens with one attached hydrogen (secondary N) is 1. The number of hydrogen-bond acceptors (Lipinski definition) is 1. The minimum atomic E-state index is -0.0497. The third kappa shape index (κ3) is 1.61. The monoisotopic (exact) mass is 173 g/mol. The van der Waals surface area contributed by atoms with Crippen LogP contribution in [0.15, 0.2) is 29.1 Å². The molecule has 2 nitrogen and oxygen atoms in total. The summed E-state index contributed by atoms with van der Waals surface area (Å²) in [5.41, 5.74) is 1.92. The van der Waals surface area contributed by atoms with Crippen molar-refractivity contribution in [3.63, 3.8) is 0 Å². The van der Waals surface area contributed by atoms with Gasteiger partial charge in [-0.1, -0.05) is 25.2 Å². The summed E-state index contributed by atoms with van der Waals surface area (Å²) in [6, 6.07) is 3.39. The molecule has 1 aromatic rings. The molecule has 13 heavy (non-hydrogen) atoms. The lowest BCUT2D eigenvalue weighted by Crippen LogP contribution is -2.05. The van der Waals surface area contributed by atoms with E-state index in [-0.39, 0.29) is 5.56 Å². The molecule has 0 bridgehead atoms. The lowest BCUT2D eigenvalue weighted by molar-refractivity contribution is 0.953. The number of fused-ring (bicyclic) bond motifs is 1. The van der Waals surface area contributed by atoms with Gasteiger partial charge in [0.15, 0.2) is 0 Å². The van der Waals surface area contributed by atoms with Crippen molar-refractivity contribution in [2.45, 2.75) is 6.92 Å². The van der Waals surface area contributed by atoms with Gasteiger partial charge < -0.3 is 4.98 Å². The van der Waals surface area contributed by atoms with Crippen LogP contribution in [0.1, 0.15) is 18.2 Å². The van der Waals surface area contributed by atoms with Crippen molar-refractivity contribution in [2.75, 3.05) is 0 Å². The highest BCUT2D eigenvalue weighted by molar-refractivity contribution is 5.64. The summed E-state index contributed by atoms with van der Waals surface area (Å²) in [6.07, 6.45) is 8.18. The first kappa shape index (κ1) is 8.05. The fourth-order valence-corrected chi connectivity index (χ4v) is 1.35. The van der Waals surface area contributed by atoms with Crippen molar-refractivity contribution >= 4 is 12.2 Å². The molecule has 1 unspecified atom stereocenters. The van der Waals surface area contributed by atoms with E-state index in [1.54, 1.807) is 6.07 Å². The van der Waals surface area contributed by atoms with Crippen LogP contribution >= 0.6 is 0 Å². The Balaban J connectivity index is 2.59. The Kier molecular flexibility index (Phi) is 1.89. The highest BCUT2D eigenvalue weighted by Crippen LogP contribution is 2.15.